The predicted octanol–water partition coefficient (Wildman–Crippen LogP) is 4.29. The summed E-state index contributed by atoms with van der Waals surface area (Å²) in [6.45, 7) is 2.56. The van der Waals surface area contributed by atoms with Crippen LogP contribution in [-0.2, 0) is 6.54 Å². The van der Waals surface area contributed by atoms with Crippen LogP contribution in [0.1, 0.15) is 11.1 Å². The largest absolute Gasteiger partial charge is 0.496 e. The molecule has 118 valence electrons. The number of anilines is 1. The zero-order valence-electron chi connectivity index (χ0n) is 13.2. The summed E-state index contributed by atoms with van der Waals surface area (Å²) in [4.78, 5) is 0. The maximum atomic E-state index is 6.14. The Morgan fingerprint density at radius 3 is 2.14 bits per heavy atom. The summed E-state index contributed by atoms with van der Waals surface area (Å²) < 4.78 is 16.0. The summed E-state index contributed by atoms with van der Waals surface area (Å²) in [5.41, 5.74) is 2.97. The average molecular weight is 322 g/mol. The third-order valence-corrected chi connectivity index (χ3v) is 3.85. The van der Waals surface area contributed by atoms with E-state index in [1.165, 1.54) is 0 Å². The molecule has 0 unspecified atom stereocenters. The summed E-state index contributed by atoms with van der Waals surface area (Å²) >= 11 is 6.14. The summed E-state index contributed by atoms with van der Waals surface area (Å²) in [7, 11) is 4.85. The molecule has 0 saturated heterocycles. The van der Waals surface area contributed by atoms with Gasteiger partial charge in [-0.05, 0) is 30.7 Å². The first-order valence-electron chi connectivity index (χ1n) is 6.88. The van der Waals surface area contributed by atoms with E-state index in [2.05, 4.69) is 5.32 Å². The third-order valence-electron chi connectivity index (χ3n) is 3.44. The highest BCUT2D eigenvalue weighted by Gasteiger charge is 2.11. The van der Waals surface area contributed by atoms with E-state index in [-0.39, 0.29) is 0 Å². The first-order valence-corrected chi connectivity index (χ1v) is 7.25. The van der Waals surface area contributed by atoms with Crippen molar-refractivity contribution in [1.82, 2.24) is 0 Å². The smallest absolute Gasteiger partial charge is 0.164 e. The number of benzene rings is 2. The molecular formula is C17H20ClNO3. The zero-order valence-corrected chi connectivity index (χ0v) is 14.0. The van der Waals surface area contributed by atoms with Gasteiger partial charge in [0.2, 0.25) is 0 Å². The van der Waals surface area contributed by atoms with Gasteiger partial charge in [0, 0.05) is 28.9 Å². The molecule has 0 aliphatic heterocycles. The number of ether oxygens (including phenoxy) is 3. The molecule has 4 nitrogen and oxygen atoms in total. The van der Waals surface area contributed by atoms with Gasteiger partial charge in [-0.1, -0.05) is 17.7 Å². The number of rotatable bonds is 6. The lowest BCUT2D eigenvalue weighted by atomic mass is 10.1. The molecule has 0 amide bonds. The van der Waals surface area contributed by atoms with E-state index in [1.54, 1.807) is 21.3 Å². The summed E-state index contributed by atoms with van der Waals surface area (Å²) in [6.07, 6.45) is 0. The fourth-order valence-electron chi connectivity index (χ4n) is 2.13. The van der Waals surface area contributed by atoms with E-state index in [0.29, 0.717) is 18.0 Å². The Balaban J connectivity index is 2.22. The summed E-state index contributed by atoms with van der Waals surface area (Å²) in [6, 6.07) is 9.60. The van der Waals surface area contributed by atoms with E-state index in [9.17, 15) is 0 Å². The lowest BCUT2D eigenvalue weighted by molar-refractivity contribution is 0.347. The van der Waals surface area contributed by atoms with Crippen LogP contribution < -0.4 is 19.5 Å². The number of halogens is 1. The van der Waals surface area contributed by atoms with Gasteiger partial charge >= 0.3 is 0 Å². The second-order valence-corrected chi connectivity index (χ2v) is 5.24. The Hall–Kier alpha value is -2.07. The molecular weight excluding hydrogens is 302 g/mol. The highest BCUT2D eigenvalue weighted by molar-refractivity contribution is 6.31. The Bertz CT molecular complexity index is 659. The van der Waals surface area contributed by atoms with Gasteiger partial charge in [-0.15, -0.1) is 0 Å². The minimum Gasteiger partial charge on any atom is -0.496 e. The van der Waals surface area contributed by atoms with E-state index in [0.717, 1.165) is 27.6 Å². The molecule has 0 radical (unpaired) electrons. The van der Waals surface area contributed by atoms with Gasteiger partial charge < -0.3 is 19.5 Å². The normalized spacial score (nSPS) is 10.2. The van der Waals surface area contributed by atoms with Gasteiger partial charge in [-0.25, -0.2) is 0 Å². The van der Waals surface area contributed by atoms with Crippen molar-refractivity contribution >= 4 is 17.3 Å². The van der Waals surface area contributed by atoms with E-state index in [4.69, 9.17) is 25.8 Å². The number of hydrogen-bond acceptors (Lipinski definition) is 4. The van der Waals surface area contributed by atoms with Gasteiger partial charge in [0.05, 0.1) is 21.3 Å². The highest BCUT2D eigenvalue weighted by Crippen LogP contribution is 2.35. The molecule has 0 bridgehead atoms. The van der Waals surface area contributed by atoms with Crippen LogP contribution in [0, 0.1) is 6.92 Å². The van der Waals surface area contributed by atoms with Crippen molar-refractivity contribution in [3.8, 4) is 17.2 Å². The first kappa shape index (κ1) is 16.3. The molecule has 0 atom stereocenters. The number of nitrogens with one attached hydrogen (secondary N) is 1. The van der Waals surface area contributed by atoms with Crippen molar-refractivity contribution in [3.05, 3.63) is 46.5 Å². The molecule has 0 heterocycles. The fourth-order valence-corrected chi connectivity index (χ4v) is 2.31. The molecule has 0 fully saturated rings. The van der Waals surface area contributed by atoms with E-state index < -0.39 is 0 Å². The fraction of sp³-hybridized carbons (Fsp3) is 0.294. The molecule has 0 spiro atoms. The van der Waals surface area contributed by atoms with Crippen LogP contribution in [0.2, 0.25) is 5.02 Å². The maximum absolute atomic E-state index is 6.14. The van der Waals surface area contributed by atoms with Gasteiger partial charge in [0.25, 0.3) is 0 Å². The number of methoxy groups -OCH3 is 3. The zero-order chi connectivity index (χ0) is 16.1. The van der Waals surface area contributed by atoms with E-state index >= 15 is 0 Å². The quantitative estimate of drug-likeness (QED) is 0.861. The minimum atomic E-state index is 0.586. The lowest BCUT2D eigenvalue weighted by Gasteiger charge is -2.15. The van der Waals surface area contributed by atoms with Crippen LogP contribution in [0.25, 0.3) is 0 Å². The Labute approximate surface area is 136 Å². The minimum absolute atomic E-state index is 0.586. The van der Waals surface area contributed by atoms with Crippen LogP contribution in [0.5, 0.6) is 17.2 Å². The predicted molar refractivity (Wildman–Crippen MR) is 89.6 cm³/mol. The maximum Gasteiger partial charge on any atom is 0.164 e. The Kier molecular flexibility index (Phi) is 5.39. The van der Waals surface area contributed by atoms with Crippen molar-refractivity contribution in [1.29, 1.82) is 0 Å². The molecule has 2 aromatic carbocycles. The second-order valence-electron chi connectivity index (χ2n) is 4.84. The van der Waals surface area contributed by atoms with Crippen molar-refractivity contribution < 1.29 is 14.2 Å². The van der Waals surface area contributed by atoms with Crippen molar-refractivity contribution in [2.45, 2.75) is 13.5 Å². The van der Waals surface area contributed by atoms with Gasteiger partial charge in [-0.3, -0.25) is 0 Å². The molecule has 22 heavy (non-hydrogen) atoms. The van der Waals surface area contributed by atoms with Gasteiger partial charge in [0.1, 0.15) is 5.75 Å². The molecule has 0 aliphatic rings. The Morgan fingerprint density at radius 2 is 1.55 bits per heavy atom. The van der Waals surface area contributed by atoms with Crippen LogP contribution >= 0.6 is 11.6 Å². The average Bonchev–Trinajstić information content (AvgIpc) is 2.55. The SMILES string of the molecule is COc1cc(OC)c(OC)cc1CNc1ccc(C)c(Cl)c1. The van der Waals surface area contributed by atoms with Crippen molar-refractivity contribution in [2.24, 2.45) is 0 Å². The summed E-state index contributed by atoms with van der Waals surface area (Å²) in [5.74, 6) is 2.05. The number of hydrogen-bond donors (Lipinski definition) is 1. The monoisotopic (exact) mass is 321 g/mol. The topological polar surface area (TPSA) is 39.7 Å². The van der Waals surface area contributed by atoms with Gasteiger partial charge in [-0.2, -0.15) is 0 Å². The standard InChI is InChI=1S/C17H20ClNO3/c1-11-5-6-13(8-14(11)18)19-10-12-7-16(21-3)17(22-4)9-15(12)20-2/h5-9,19H,10H2,1-4H3. The molecule has 2 aromatic rings. The van der Waals surface area contributed by atoms with Crippen LogP contribution in [-0.4, -0.2) is 21.3 Å². The molecule has 1 N–H and O–H groups in total. The van der Waals surface area contributed by atoms with Gasteiger partial charge in [0.15, 0.2) is 11.5 Å². The van der Waals surface area contributed by atoms with Crippen molar-refractivity contribution in [3.63, 3.8) is 0 Å². The molecule has 0 saturated carbocycles. The molecule has 0 aromatic heterocycles. The lowest BCUT2D eigenvalue weighted by Crippen LogP contribution is -2.03. The van der Waals surface area contributed by atoms with Crippen LogP contribution in [0.4, 0.5) is 5.69 Å². The molecule has 2 rings (SSSR count). The summed E-state index contributed by atoms with van der Waals surface area (Å²) in [5, 5.41) is 4.07. The molecule has 5 heteroatoms. The van der Waals surface area contributed by atoms with Crippen molar-refractivity contribution in [2.75, 3.05) is 26.6 Å². The van der Waals surface area contributed by atoms with Crippen LogP contribution in [0.15, 0.2) is 30.3 Å². The second kappa shape index (κ2) is 7.27. The highest BCUT2D eigenvalue weighted by atomic mass is 35.5. The molecule has 0 aliphatic carbocycles. The number of aryl methyl sites for hydroxylation is 1. The van der Waals surface area contributed by atoms with Crippen LogP contribution in [0.3, 0.4) is 0 Å². The first-order chi connectivity index (χ1) is 10.6. The Morgan fingerprint density at radius 1 is 0.909 bits per heavy atom. The van der Waals surface area contributed by atoms with E-state index in [1.807, 2.05) is 37.3 Å². The third kappa shape index (κ3) is 3.57.